The molecule has 2 fully saturated rings. The van der Waals surface area contributed by atoms with E-state index in [4.69, 9.17) is 16.3 Å². The lowest BCUT2D eigenvalue weighted by Crippen LogP contribution is -2.53. The van der Waals surface area contributed by atoms with Crippen molar-refractivity contribution in [2.24, 2.45) is 0 Å². The van der Waals surface area contributed by atoms with E-state index in [-0.39, 0.29) is 27.9 Å². The molecule has 0 aliphatic carbocycles. The van der Waals surface area contributed by atoms with E-state index in [2.05, 4.69) is 0 Å². The monoisotopic (exact) mass is 432 g/mol. The predicted molar refractivity (Wildman–Crippen MR) is 104 cm³/mol. The second-order valence-electron chi connectivity index (χ2n) is 7.21. The summed E-state index contributed by atoms with van der Waals surface area (Å²) in [5.74, 6) is -0.539. The van der Waals surface area contributed by atoms with Gasteiger partial charge < -0.3 is 9.64 Å². The molecule has 0 radical (unpaired) electrons. The molecule has 6 nitrogen and oxygen atoms in total. The molecule has 9 heteroatoms. The van der Waals surface area contributed by atoms with E-state index in [1.807, 2.05) is 11.8 Å². The fraction of sp³-hybridized carbons (Fsp3) is 0.632. The smallest absolute Gasteiger partial charge is 0.243 e. The number of benzene rings is 1. The van der Waals surface area contributed by atoms with Crippen LogP contribution in [0.2, 0.25) is 5.02 Å². The molecular weight excluding hydrogens is 407 g/mol. The number of carbonyl (C=O) groups is 1. The Morgan fingerprint density at radius 3 is 2.39 bits per heavy atom. The summed E-state index contributed by atoms with van der Waals surface area (Å²) in [6.07, 6.45) is 3.23. The van der Waals surface area contributed by atoms with Gasteiger partial charge in [0.05, 0.1) is 9.92 Å². The van der Waals surface area contributed by atoms with Crippen LogP contribution in [0.1, 0.15) is 39.0 Å². The minimum Gasteiger partial charge on any atom is -0.381 e. The van der Waals surface area contributed by atoms with Crippen LogP contribution in [-0.2, 0) is 19.6 Å². The first-order chi connectivity index (χ1) is 13.3. The van der Waals surface area contributed by atoms with Gasteiger partial charge >= 0.3 is 0 Å². The van der Waals surface area contributed by atoms with Crippen molar-refractivity contribution in [2.45, 2.75) is 56.0 Å². The number of nitrogens with zero attached hydrogens (tertiary/aromatic N) is 2. The van der Waals surface area contributed by atoms with E-state index in [0.29, 0.717) is 45.6 Å². The SMILES string of the molecule is CCC(=O)N(C1CCOCC1)C1CCN(S(=O)(=O)c2ccc(F)c(Cl)c2)CC1. The Balaban J connectivity index is 1.71. The van der Waals surface area contributed by atoms with E-state index in [9.17, 15) is 17.6 Å². The summed E-state index contributed by atoms with van der Waals surface area (Å²) in [5.41, 5.74) is 0. The number of sulfonamides is 1. The highest BCUT2D eigenvalue weighted by molar-refractivity contribution is 7.89. The lowest BCUT2D eigenvalue weighted by Gasteiger charge is -2.43. The number of piperidine rings is 1. The van der Waals surface area contributed by atoms with Crippen LogP contribution in [0.15, 0.2) is 23.1 Å². The molecule has 1 aromatic rings. The fourth-order valence-electron chi connectivity index (χ4n) is 4.00. The quantitative estimate of drug-likeness (QED) is 0.717. The summed E-state index contributed by atoms with van der Waals surface area (Å²) in [5, 5.41) is -0.213. The molecule has 1 aromatic carbocycles. The molecule has 0 saturated carbocycles. The molecule has 28 heavy (non-hydrogen) atoms. The van der Waals surface area contributed by atoms with Gasteiger partial charge in [0.15, 0.2) is 0 Å². The first-order valence-corrected chi connectivity index (χ1v) is 11.5. The normalized spacial score (nSPS) is 20.2. The highest BCUT2D eigenvalue weighted by Crippen LogP contribution is 2.28. The summed E-state index contributed by atoms with van der Waals surface area (Å²) >= 11 is 5.75. The van der Waals surface area contributed by atoms with E-state index >= 15 is 0 Å². The molecular formula is C19H26ClFN2O4S. The van der Waals surface area contributed by atoms with Gasteiger partial charge in [-0.1, -0.05) is 18.5 Å². The van der Waals surface area contributed by atoms with Crippen molar-refractivity contribution < 1.29 is 22.3 Å². The highest BCUT2D eigenvalue weighted by atomic mass is 35.5. The van der Waals surface area contributed by atoms with Gasteiger partial charge in [-0.15, -0.1) is 0 Å². The number of halogens is 2. The van der Waals surface area contributed by atoms with Crippen molar-refractivity contribution in [3.05, 3.63) is 29.0 Å². The number of hydrogen-bond donors (Lipinski definition) is 0. The van der Waals surface area contributed by atoms with Gasteiger partial charge in [-0.25, -0.2) is 12.8 Å². The molecule has 0 atom stereocenters. The van der Waals surface area contributed by atoms with Gasteiger partial charge in [0.2, 0.25) is 15.9 Å². The summed E-state index contributed by atoms with van der Waals surface area (Å²) in [7, 11) is -3.74. The third-order valence-electron chi connectivity index (χ3n) is 5.52. The third-order valence-corrected chi connectivity index (χ3v) is 7.70. The van der Waals surface area contributed by atoms with Crippen LogP contribution in [0.5, 0.6) is 0 Å². The second kappa shape index (κ2) is 9.07. The predicted octanol–water partition coefficient (Wildman–Crippen LogP) is 3.05. The first kappa shape index (κ1) is 21.5. The Kier molecular flexibility index (Phi) is 6.96. The minimum atomic E-state index is -3.74. The van der Waals surface area contributed by atoms with Crippen molar-refractivity contribution >= 4 is 27.5 Å². The van der Waals surface area contributed by atoms with Crippen LogP contribution >= 0.6 is 11.6 Å². The molecule has 0 N–H and O–H groups in total. The third kappa shape index (κ3) is 4.50. The molecule has 2 heterocycles. The van der Waals surface area contributed by atoms with Gasteiger partial charge in [0, 0.05) is 44.8 Å². The Morgan fingerprint density at radius 2 is 1.82 bits per heavy atom. The van der Waals surface area contributed by atoms with E-state index < -0.39 is 15.8 Å². The Labute approximate surface area is 170 Å². The van der Waals surface area contributed by atoms with Gasteiger partial charge in [-0.2, -0.15) is 4.31 Å². The maximum Gasteiger partial charge on any atom is 0.243 e. The topological polar surface area (TPSA) is 66.9 Å². The van der Waals surface area contributed by atoms with Gasteiger partial charge in [-0.05, 0) is 43.9 Å². The van der Waals surface area contributed by atoms with Crippen molar-refractivity contribution in [3.8, 4) is 0 Å². The van der Waals surface area contributed by atoms with Crippen molar-refractivity contribution in [1.29, 1.82) is 0 Å². The van der Waals surface area contributed by atoms with Crippen LogP contribution in [-0.4, -0.2) is 61.9 Å². The zero-order valence-corrected chi connectivity index (χ0v) is 17.5. The number of hydrogen-bond acceptors (Lipinski definition) is 4. The zero-order chi connectivity index (χ0) is 20.3. The van der Waals surface area contributed by atoms with Gasteiger partial charge in [0.1, 0.15) is 5.82 Å². The Hall–Kier alpha value is -1.22. The van der Waals surface area contributed by atoms with E-state index in [0.717, 1.165) is 25.0 Å². The van der Waals surface area contributed by atoms with Crippen molar-refractivity contribution in [2.75, 3.05) is 26.3 Å². The number of amides is 1. The molecule has 0 spiro atoms. The fourth-order valence-corrected chi connectivity index (χ4v) is 5.74. The molecule has 156 valence electrons. The van der Waals surface area contributed by atoms with Crippen LogP contribution in [0, 0.1) is 5.82 Å². The second-order valence-corrected chi connectivity index (χ2v) is 9.55. The number of carbonyl (C=O) groups excluding carboxylic acids is 1. The maximum absolute atomic E-state index is 13.4. The van der Waals surface area contributed by atoms with Crippen LogP contribution in [0.3, 0.4) is 0 Å². The van der Waals surface area contributed by atoms with Crippen LogP contribution in [0.25, 0.3) is 0 Å². The minimum absolute atomic E-state index is 0.0109. The van der Waals surface area contributed by atoms with Crippen molar-refractivity contribution in [1.82, 2.24) is 9.21 Å². The largest absolute Gasteiger partial charge is 0.381 e. The lowest BCUT2D eigenvalue weighted by molar-refractivity contribution is -0.139. The van der Waals surface area contributed by atoms with Crippen molar-refractivity contribution in [3.63, 3.8) is 0 Å². The molecule has 2 aliphatic heterocycles. The highest BCUT2D eigenvalue weighted by Gasteiger charge is 2.36. The Morgan fingerprint density at radius 1 is 1.21 bits per heavy atom. The molecule has 2 saturated heterocycles. The van der Waals surface area contributed by atoms with Gasteiger partial charge in [-0.3, -0.25) is 4.79 Å². The van der Waals surface area contributed by atoms with E-state index in [1.54, 1.807) is 0 Å². The average molecular weight is 433 g/mol. The zero-order valence-electron chi connectivity index (χ0n) is 15.9. The standard InChI is InChI=1S/C19H26ClFN2O4S/c1-2-19(24)23(15-7-11-27-12-8-15)14-5-9-22(10-6-14)28(25,26)16-3-4-18(21)17(20)13-16/h3-4,13-15H,2,5-12H2,1H3. The summed E-state index contributed by atoms with van der Waals surface area (Å²) in [4.78, 5) is 14.5. The van der Waals surface area contributed by atoms with Crippen LogP contribution in [0.4, 0.5) is 4.39 Å². The number of rotatable bonds is 5. The number of ether oxygens (including phenoxy) is 1. The molecule has 0 bridgehead atoms. The first-order valence-electron chi connectivity index (χ1n) is 9.68. The molecule has 3 rings (SSSR count). The molecule has 2 aliphatic rings. The van der Waals surface area contributed by atoms with Gasteiger partial charge in [0.25, 0.3) is 0 Å². The summed E-state index contributed by atoms with van der Waals surface area (Å²) in [6, 6.07) is 3.63. The lowest BCUT2D eigenvalue weighted by atomic mass is 9.98. The summed E-state index contributed by atoms with van der Waals surface area (Å²) < 4.78 is 45.9. The van der Waals surface area contributed by atoms with E-state index in [1.165, 1.54) is 10.4 Å². The average Bonchev–Trinajstić information content (AvgIpc) is 2.71. The maximum atomic E-state index is 13.4. The Bertz CT molecular complexity index is 806. The molecule has 1 amide bonds. The molecule has 0 unspecified atom stereocenters. The summed E-state index contributed by atoms with van der Waals surface area (Å²) in [6.45, 7) is 3.79. The molecule has 0 aromatic heterocycles. The van der Waals surface area contributed by atoms with Crippen LogP contribution < -0.4 is 0 Å².